The van der Waals surface area contributed by atoms with E-state index < -0.39 is 0 Å². The first-order chi connectivity index (χ1) is 10.3. The van der Waals surface area contributed by atoms with Crippen molar-refractivity contribution in [3.63, 3.8) is 0 Å². The number of nitrogens with zero attached hydrogens (tertiary/aromatic N) is 1. The molecule has 1 aliphatic rings. The Morgan fingerprint density at radius 3 is 2.62 bits per heavy atom. The third kappa shape index (κ3) is 4.53. The van der Waals surface area contributed by atoms with Crippen LogP contribution in [0.3, 0.4) is 0 Å². The summed E-state index contributed by atoms with van der Waals surface area (Å²) in [5, 5.41) is 3.51. The second-order valence-corrected chi connectivity index (χ2v) is 6.08. The quantitative estimate of drug-likeness (QED) is 0.834. The summed E-state index contributed by atoms with van der Waals surface area (Å²) in [7, 11) is 4.30. The van der Waals surface area contributed by atoms with E-state index in [4.69, 9.17) is 4.74 Å². The van der Waals surface area contributed by atoms with Crippen molar-refractivity contribution in [2.24, 2.45) is 0 Å². The van der Waals surface area contributed by atoms with Crippen LogP contribution >= 0.6 is 0 Å². The molecule has 3 unspecified atom stereocenters. The normalized spacial score (nSPS) is 22.2. The van der Waals surface area contributed by atoms with Crippen LogP contribution in [0.25, 0.3) is 0 Å². The first-order valence-corrected chi connectivity index (χ1v) is 8.30. The van der Waals surface area contributed by atoms with Crippen LogP contribution in [-0.4, -0.2) is 44.3 Å². The predicted molar refractivity (Wildman–Crippen MR) is 88.5 cm³/mol. The van der Waals surface area contributed by atoms with E-state index in [-0.39, 0.29) is 0 Å². The molecular formula is C18H30N2O. The lowest BCUT2D eigenvalue weighted by Gasteiger charge is -2.37. The van der Waals surface area contributed by atoms with Gasteiger partial charge in [0.05, 0.1) is 6.10 Å². The molecule has 3 atom stereocenters. The summed E-state index contributed by atoms with van der Waals surface area (Å²) in [6.45, 7) is 4.24. The summed E-state index contributed by atoms with van der Waals surface area (Å²) in [6.07, 6.45) is 5.27. The second-order valence-electron chi connectivity index (χ2n) is 6.08. The number of nitrogens with one attached hydrogen (secondary N) is 1. The maximum absolute atomic E-state index is 5.90. The molecule has 0 saturated carbocycles. The highest BCUT2D eigenvalue weighted by atomic mass is 16.5. The van der Waals surface area contributed by atoms with Gasteiger partial charge in [0.15, 0.2) is 0 Å². The highest BCUT2D eigenvalue weighted by Crippen LogP contribution is 2.24. The molecule has 1 aliphatic heterocycles. The van der Waals surface area contributed by atoms with Crippen molar-refractivity contribution >= 4 is 0 Å². The molecule has 2 rings (SSSR count). The van der Waals surface area contributed by atoms with Crippen molar-refractivity contribution in [1.29, 1.82) is 0 Å². The number of benzene rings is 1. The van der Waals surface area contributed by atoms with Crippen molar-refractivity contribution in [3.05, 3.63) is 35.9 Å². The van der Waals surface area contributed by atoms with Crippen molar-refractivity contribution < 1.29 is 4.74 Å². The molecule has 0 amide bonds. The Morgan fingerprint density at radius 2 is 2.05 bits per heavy atom. The Hall–Kier alpha value is -0.900. The van der Waals surface area contributed by atoms with Crippen LogP contribution in [0.15, 0.2) is 30.3 Å². The minimum atomic E-state index is 0.366. The van der Waals surface area contributed by atoms with Crippen LogP contribution in [0.5, 0.6) is 0 Å². The lowest BCUT2D eigenvalue weighted by molar-refractivity contribution is -0.0113. The van der Waals surface area contributed by atoms with Gasteiger partial charge in [0.25, 0.3) is 0 Å². The van der Waals surface area contributed by atoms with Gasteiger partial charge in [-0.1, -0.05) is 37.3 Å². The molecule has 0 spiro atoms. The van der Waals surface area contributed by atoms with Gasteiger partial charge in [0, 0.05) is 25.2 Å². The second kappa shape index (κ2) is 8.52. The van der Waals surface area contributed by atoms with E-state index in [1.54, 1.807) is 0 Å². The third-order valence-corrected chi connectivity index (χ3v) is 4.60. The van der Waals surface area contributed by atoms with Crippen LogP contribution in [-0.2, 0) is 4.74 Å². The van der Waals surface area contributed by atoms with Gasteiger partial charge < -0.3 is 10.1 Å². The molecule has 1 saturated heterocycles. The molecule has 1 aromatic carbocycles. The molecule has 3 heteroatoms. The molecule has 0 aliphatic carbocycles. The zero-order valence-corrected chi connectivity index (χ0v) is 13.7. The van der Waals surface area contributed by atoms with E-state index in [1.807, 2.05) is 0 Å². The molecule has 1 aromatic rings. The van der Waals surface area contributed by atoms with Crippen LogP contribution < -0.4 is 5.32 Å². The van der Waals surface area contributed by atoms with Crippen LogP contribution in [0, 0.1) is 0 Å². The van der Waals surface area contributed by atoms with Gasteiger partial charge in [0.1, 0.15) is 0 Å². The summed E-state index contributed by atoms with van der Waals surface area (Å²) in [5.74, 6) is 0. The van der Waals surface area contributed by atoms with Crippen molar-refractivity contribution in [2.45, 2.75) is 50.8 Å². The largest absolute Gasteiger partial charge is 0.377 e. The number of rotatable bonds is 7. The van der Waals surface area contributed by atoms with Crippen LogP contribution in [0.1, 0.15) is 44.2 Å². The molecule has 1 fully saturated rings. The first kappa shape index (κ1) is 16.5. The number of hydrogen-bond donors (Lipinski definition) is 1. The highest BCUT2D eigenvalue weighted by Gasteiger charge is 2.26. The van der Waals surface area contributed by atoms with E-state index in [9.17, 15) is 0 Å². The molecule has 1 N–H and O–H groups in total. The van der Waals surface area contributed by atoms with Crippen molar-refractivity contribution in [2.75, 3.05) is 27.2 Å². The molecule has 0 bridgehead atoms. The Labute approximate surface area is 129 Å². The fourth-order valence-corrected chi connectivity index (χ4v) is 3.45. The monoisotopic (exact) mass is 290 g/mol. The summed E-state index contributed by atoms with van der Waals surface area (Å²) in [5.41, 5.74) is 1.36. The lowest BCUT2D eigenvalue weighted by Crippen LogP contribution is -2.45. The van der Waals surface area contributed by atoms with Gasteiger partial charge in [-0.05, 0) is 45.3 Å². The summed E-state index contributed by atoms with van der Waals surface area (Å²) in [6, 6.07) is 11.6. The maximum Gasteiger partial charge on any atom is 0.0702 e. The fourth-order valence-electron chi connectivity index (χ4n) is 3.45. The minimum absolute atomic E-state index is 0.366. The zero-order valence-electron chi connectivity index (χ0n) is 13.7. The predicted octanol–water partition coefficient (Wildman–Crippen LogP) is 3.23. The molecular weight excluding hydrogens is 260 g/mol. The molecule has 3 nitrogen and oxygen atoms in total. The third-order valence-electron chi connectivity index (χ3n) is 4.60. The molecule has 21 heavy (non-hydrogen) atoms. The van der Waals surface area contributed by atoms with Crippen molar-refractivity contribution in [3.8, 4) is 0 Å². The smallest absolute Gasteiger partial charge is 0.0702 e. The summed E-state index contributed by atoms with van der Waals surface area (Å²) >= 11 is 0. The Balaban J connectivity index is 2.02. The van der Waals surface area contributed by atoms with Crippen molar-refractivity contribution in [1.82, 2.24) is 10.2 Å². The van der Waals surface area contributed by atoms with Crippen LogP contribution in [0.4, 0.5) is 0 Å². The van der Waals surface area contributed by atoms with E-state index in [0.717, 1.165) is 19.6 Å². The number of likely N-dealkylation sites (N-methyl/N-ethyl adjacent to an activating group) is 2. The molecule has 0 radical (unpaired) electrons. The van der Waals surface area contributed by atoms with E-state index >= 15 is 0 Å². The van der Waals surface area contributed by atoms with Gasteiger partial charge in [0.2, 0.25) is 0 Å². The Kier molecular flexibility index (Phi) is 6.68. The van der Waals surface area contributed by atoms with Crippen LogP contribution in [0.2, 0.25) is 0 Å². The SMILES string of the molecule is CCC(C(NC)c1ccccc1)N(C)CC1CCCCO1. The number of ether oxygens (including phenoxy) is 1. The fraction of sp³-hybridized carbons (Fsp3) is 0.667. The minimum Gasteiger partial charge on any atom is -0.377 e. The Morgan fingerprint density at radius 1 is 1.29 bits per heavy atom. The maximum atomic E-state index is 5.90. The molecule has 118 valence electrons. The summed E-state index contributed by atoms with van der Waals surface area (Å²) < 4.78 is 5.90. The van der Waals surface area contributed by atoms with E-state index in [2.05, 4.69) is 61.6 Å². The van der Waals surface area contributed by atoms with Gasteiger partial charge in [-0.2, -0.15) is 0 Å². The summed E-state index contributed by atoms with van der Waals surface area (Å²) in [4.78, 5) is 2.48. The van der Waals surface area contributed by atoms with Gasteiger partial charge in [-0.15, -0.1) is 0 Å². The lowest BCUT2D eigenvalue weighted by atomic mass is 9.95. The van der Waals surface area contributed by atoms with Gasteiger partial charge in [-0.25, -0.2) is 0 Å². The van der Waals surface area contributed by atoms with E-state index in [1.165, 1.54) is 24.8 Å². The van der Waals surface area contributed by atoms with Gasteiger partial charge >= 0.3 is 0 Å². The molecule has 0 aromatic heterocycles. The van der Waals surface area contributed by atoms with E-state index in [0.29, 0.717) is 18.2 Å². The Bertz CT molecular complexity index is 389. The number of hydrogen-bond acceptors (Lipinski definition) is 3. The highest BCUT2D eigenvalue weighted by molar-refractivity contribution is 5.20. The van der Waals surface area contributed by atoms with Gasteiger partial charge in [-0.3, -0.25) is 4.90 Å². The average Bonchev–Trinajstić information content (AvgIpc) is 2.54. The molecule has 1 heterocycles. The topological polar surface area (TPSA) is 24.5 Å². The zero-order chi connectivity index (χ0) is 15.1. The average molecular weight is 290 g/mol. The first-order valence-electron chi connectivity index (χ1n) is 8.30. The standard InChI is InChI=1S/C18H30N2O/c1-4-17(18(19-2)15-10-6-5-7-11-15)20(3)14-16-12-8-9-13-21-16/h5-7,10-11,16-19H,4,8-9,12-14H2,1-3H3.